The molecule has 0 amide bonds. The maximum absolute atomic E-state index is 5.89. The molecule has 7 heteroatoms. The summed E-state index contributed by atoms with van der Waals surface area (Å²) < 4.78 is 5.89. The molecule has 0 radical (unpaired) electrons. The summed E-state index contributed by atoms with van der Waals surface area (Å²) in [7, 11) is 0. The van der Waals surface area contributed by atoms with Crippen LogP contribution in [0, 0.1) is 6.92 Å². The van der Waals surface area contributed by atoms with Crippen molar-refractivity contribution in [3.8, 4) is 23.2 Å². The monoisotopic (exact) mass is 419 g/mol. The third kappa shape index (κ3) is 4.79. The summed E-state index contributed by atoms with van der Waals surface area (Å²) in [6.45, 7) is 5.11. The molecule has 0 saturated carbocycles. The van der Waals surface area contributed by atoms with Crippen molar-refractivity contribution in [2.75, 3.05) is 23.4 Å². The molecule has 4 aromatic rings. The van der Waals surface area contributed by atoms with Gasteiger partial charge in [0.05, 0.1) is 5.52 Å². The molecule has 0 aliphatic rings. The Morgan fingerprint density at radius 3 is 2.57 bits per heavy atom. The predicted molar refractivity (Wildman–Crippen MR) is 124 cm³/mol. The zero-order chi connectivity index (χ0) is 20.8. The third-order valence-corrected chi connectivity index (χ3v) is 5.90. The molecule has 0 bridgehead atoms. The van der Waals surface area contributed by atoms with Crippen molar-refractivity contribution in [2.45, 2.75) is 26.7 Å². The van der Waals surface area contributed by atoms with Gasteiger partial charge in [-0.3, -0.25) is 0 Å². The summed E-state index contributed by atoms with van der Waals surface area (Å²) in [5, 5.41) is 12.8. The number of benzene rings is 2. The van der Waals surface area contributed by atoms with E-state index in [-0.39, 0.29) is 0 Å². The van der Waals surface area contributed by atoms with E-state index in [2.05, 4.69) is 27.4 Å². The molecular formula is C23H25N5OS. The Morgan fingerprint density at radius 2 is 1.73 bits per heavy atom. The summed E-state index contributed by atoms with van der Waals surface area (Å²) in [5.41, 5.74) is 2.91. The van der Waals surface area contributed by atoms with Gasteiger partial charge in [-0.25, -0.2) is 9.97 Å². The van der Waals surface area contributed by atoms with Crippen molar-refractivity contribution in [1.29, 1.82) is 0 Å². The lowest BCUT2D eigenvalue weighted by atomic mass is 10.1. The van der Waals surface area contributed by atoms with Gasteiger partial charge in [-0.1, -0.05) is 36.8 Å². The Bertz CT molecular complexity index is 1110. The van der Waals surface area contributed by atoms with Crippen molar-refractivity contribution < 1.29 is 4.42 Å². The number of para-hydroxylation sites is 1. The summed E-state index contributed by atoms with van der Waals surface area (Å²) >= 11 is 1.99. The van der Waals surface area contributed by atoms with Crippen LogP contribution < -0.4 is 5.32 Å². The van der Waals surface area contributed by atoms with Gasteiger partial charge < -0.3 is 9.73 Å². The molecule has 0 aliphatic carbocycles. The number of anilines is 1. The highest BCUT2D eigenvalue weighted by Crippen LogP contribution is 2.26. The summed E-state index contributed by atoms with van der Waals surface area (Å²) in [6, 6.07) is 15.9. The van der Waals surface area contributed by atoms with Crippen molar-refractivity contribution >= 4 is 28.5 Å². The number of aromatic nitrogens is 4. The molecule has 0 saturated heterocycles. The van der Waals surface area contributed by atoms with Gasteiger partial charge in [0, 0.05) is 17.5 Å². The van der Waals surface area contributed by atoms with E-state index in [0.717, 1.165) is 41.0 Å². The lowest BCUT2D eigenvalue weighted by molar-refractivity contribution is 0.579. The van der Waals surface area contributed by atoms with E-state index >= 15 is 0 Å². The number of fused-ring (bicyclic) bond motifs is 1. The van der Waals surface area contributed by atoms with Crippen LogP contribution in [0.3, 0.4) is 0 Å². The first-order chi connectivity index (χ1) is 14.7. The number of aryl methyl sites for hydroxylation is 1. The van der Waals surface area contributed by atoms with Crippen molar-refractivity contribution in [1.82, 2.24) is 20.2 Å². The van der Waals surface area contributed by atoms with E-state index in [9.17, 15) is 0 Å². The van der Waals surface area contributed by atoms with Gasteiger partial charge in [0.1, 0.15) is 5.82 Å². The molecule has 154 valence electrons. The highest BCUT2D eigenvalue weighted by Gasteiger charge is 2.16. The minimum Gasteiger partial charge on any atom is -0.413 e. The van der Waals surface area contributed by atoms with Crippen LogP contribution in [-0.2, 0) is 0 Å². The number of thioether (sulfide) groups is 1. The SMILES string of the molecule is CCCSCCCNc1nc(-c2nnc(-c3ccc(C)cc3)o2)nc2ccccc12. The van der Waals surface area contributed by atoms with Crippen molar-refractivity contribution in [3.63, 3.8) is 0 Å². The Labute approximate surface area is 180 Å². The fraction of sp³-hybridized carbons (Fsp3) is 0.304. The lowest BCUT2D eigenvalue weighted by Gasteiger charge is -2.09. The van der Waals surface area contributed by atoms with Crippen LogP contribution in [-0.4, -0.2) is 38.2 Å². The summed E-state index contributed by atoms with van der Waals surface area (Å²) in [4.78, 5) is 9.35. The molecule has 0 spiro atoms. The maximum Gasteiger partial charge on any atom is 0.286 e. The van der Waals surface area contributed by atoms with Crippen molar-refractivity contribution in [3.05, 3.63) is 54.1 Å². The van der Waals surface area contributed by atoms with Gasteiger partial charge in [-0.2, -0.15) is 11.8 Å². The second-order valence-electron chi connectivity index (χ2n) is 7.08. The standard InChI is InChI=1S/C23H25N5OS/c1-3-14-30-15-6-13-24-20-18-7-4-5-8-19(18)25-21(26-20)23-28-27-22(29-23)17-11-9-16(2)10-12-17/h4-5,7-12H,3,6,13-15H2,1-2H3,(H,24,25,26). The fourth-order valence-corrected chi connectivity index (χ4v) is 3.90. The molecule has 2 aromatic heterocycles. The zero-order valence-corrected chi connectivity index (χ0v) is 18.1. The topological polar surface area (TPSA) is 76.7 Å². The van der Waals surface area contributed by atoms with Gasteiger partial charge in [0.15, 0.2) is 0 Å². The first kappa shape index (κ1) is 20.3. The van der Waals surface area contributed by atoms with Crippen LogP contribution in [0.5, 0.6) is 0 Å². The van der Waals surface area contributed by atoms with Gasteiger partial charge >= 0.3 is 0 Å². The van der Waals surface area contributed by atoms with Crippen LogP contribution in [0.2, 0.25) is 0 Å². The van der Waals surface area contributed by atoms with Gasteiger partial charge in [-0.05, 0) is 55.5 Å². The smallest absolute Gasteiger partial charge is 0.286 e. The average molecular weight is 420 g/mol. The first-order valence-corrected chi connectivity index (χ1v) is 11.4. The normalized spacial score (nSPS) is 11.1. The highest BCUT2D eigenvalue weighted by molar-refractivity contribution is 7.99. The Hall–Kier alpha value is -2.93. The molecule has 0 atom stereocenters. The van der Waals surface area contributed by atoms with Gasteiger partial charge in [0.25, 0.3) is 5.89 Å². The van der Waals surface area contributed by atoms with Crippen LogP contribution in [0.25, 0.3) is 34.1 Å². The number of nitrogens with one attached hydrogen (secondary N) is 1. The van der Waals surface area contributed by atoms with Crippen LogP contribution in [0.4, 0.5) is 5.82 Å². The van der Waals surface area contributed by atoms with Crippen LogP contribution >= 0.6 is 11.8 Å². The minimum atomic E-state index is 0.317. The third-order valence-electron chi connectivity index (χ3n) is 4.62. The first-order valence-electron chi connectivity index (χ1n) is 10.2. The molecule has 0 unspecified atom stereocenters. The van der Waals surface area contributed by atoms with Gasteiger partial charge in [0.2, 0.25) is 11.7 Å². The van der Waals surface area contributed by atoms with E-state index in [1.165, 1.54) is 17.7 Å². The Kier molecular flexibility index (Phi) is 6.59. The van der Waals surface area contributed by atoms with Crippen molar-refractivity contribution in [2.24, 2.45) is 0 Å². The van der Waals surface area contributed by atoms with Crippen LogP contribution in [0.1, 0.15) is 25.3 Å². The molecule has 4 rings (SSSR count). The van der Waals surface area contributed by atoms with E-state index in [0.29, 0.717) is 17.6 Å². The Morgan fingerprint density at radius 1 is 0.933 bits per heavy atom. The second-order valence-corrected chi connectivity index (χ2v) is 8.31. The molecule has 6 nitrogen and oxygen atoms in total. The fourth-order valence-electron chi connectivity index (χ4n) is 3.06. The van der Waals surface area contributed by atoms with E-state index in [1.54, 1.807) is 0 Å². The van der Waals surface area contributed by atoms with Gasteiger partial charge in [-0.15, -0.1) is 10.2 Å². The molecule has 1 N–H and O–H groups in total. The Balaban J connectivity index is 1.58. The maximum atomic E-state index is 5.89. The lowest BCUT2D eigenvalue weighted by Crippen LogP contribution is -2.06. The zero-order valence-electron chi connectivity index (χ0n) is 17.3. The van der Waals surface area contributed by atoms with E-state index in [4.69, 9.17) is 9.40 Å². The number of hydrogen-bond donors (Lipinski definition) is 1. The average Bonchev–Trinajstić information content (AvgIpc) is 3.27. The molecule has 0 fully saturated rings. The molecule has 2 heterocycles. The quantitative estimate of drug-likeness (QED) is 0.354. The molecule has 30 heavy (non-hydrogen) atoms. The molecular weight excluding hydrogens is 394 g/mol. The second kappa shape index (κ2) is 9.71. The largest absolute Gasteiger partial charge is 0.413 e. The predicted octanol–water partition coefficient (Wildman–Crippen LogP) is 5.60. The molecule has 2 aromatic carbocycles. The summed E-state index contributed by atoms with van der Waals surface area (Å²) in [5.74, 6) is 4.36. The highest BCUT2D eigenvalue weighted by atomic mass is 32.2. The molecule has 0 aliphatic heterocycles. The van der Waals surface area contributed by atoms with Crippen LogP contribution in [0.15, 0.2) is 52.9 Å². The number of rotatable bonds is 9. The van der Waals surface area contributed by atoms with E-state index < -0.39 is 0 Å². The number of nitrogens with zero attached hydrogens (tertiary/aromatic N) is 4. The minimum absolute atomic E-state index is 0.317. The summed E-state index contributed by atoms with van der Waals surface area (Å²) in [6.07, 6.45) is 2.29. The number of hydrogen-bond acceptors (Lipinski definition) is 7. The van der Waals surface area contributed by atoms with E-state index in [1.807, 2.05) is 67.2 Å².